The first-order valence-corrected chi connectivity index (χ1v) is 23.9. The van der Waals surface area contributed by atoms with Crippen molar-refractivity contribution in [1.82, 2.24) is 19.1 Å². The fourth-order valence-electron chi connectivity index (χ4n) is 5.83. The highest BCUT2D eigenvalue weighted by molar-refractivity contribution is 9.10. The molecule has 0 fully saturated rings. The summed E-state index contributed by atoms with van der Waals surface area (Å²) < 4.78 is 23.4. The number of rotatable bonds is 12. The molecule has 6 rings (SSSR count). The summed E-state index contributed by atoms with van der Waals surface area (Å²) in [6, 6.07) is 16.5. The van der Waals surface area contributed by atoms with Gasteiger partial charge in [0.15, 0.2) is 0 Å². The van der Waals surface area contributed by atoms with Crippen molar-refractivity contribution >= 4 is 102 Å². The van der Waals surface area contributed by atoms with Gasteiger partial charge in [-0.1, -0.05) is 60.3 Å². The van der Waals surface area contributed by atoms with Crippen molar-refractivity contribution < 1.29 is 38.4 Å². The number of hydrogen-bond donors (Lipinski definition) is 2. The summed E-state index contributed by atoms with van der Waals surface area (Å²) in [6.45, 7) is 10.9. The Kier molecular flexibility index (Phi) is 22.9. The number of esters is 2. The fourth-order valence-corrected chi connectivity index (χ4v) is 7.30. The molecule has 0 spiro atoms. The molecule has 2 aromatic heterocycles. The number of nitrogens with zero attached hydrogens (tertiary/aromatic N) is 4. The molecule has 0 bridgehead atoms. The molecule has 72 heavy (non-hydrogen) atoms. The van der Waals surface area contributed by atoms with Crippen LogP contribution in [-0.2, 0) is 9.47 Å². The fraction of sp³-hybridized carbons (Fsp3) is 0.261. The first kappa shape index (κ1) is 60.0. The molecule has 20 nitrogen and oxygen atoms in total. The summed E-state index contributed by atoms with van der Waals surface area (Å²) in [6.07, 6.45) is 1.50. The normalized spacial score (nSPS) is 11.2. The Hall–Kier alpha value is -6.30. The Balaban J connectivity index is 0.000000260. The quantitative estimate of drug-likeness (QED) is 0.0655. The molecule has 26 heteroatoms. The van der Waals surface area contributed by atoms with Crippen molar-refractivity contribution in [3.63, 3.8) is 0 Å². The van der Waals surface area contributed by atoms with Gasteiger partial charge in [-0.05, 0) is 121 Å². The summed E-state index contributed by atoms with van der Waals surface area (Å²) in [7, 11) is 2.27. The van der Waals surface area contributed by atoms with E-state index < -0.39 is 21.8 Å². The maximum atomic E-state index is 11.7. The van der Waals surface area contributed by atoms with Gasteiger partial charge in [-0.3, -0.25) is 39.0 Å². The van der Waals surface area contributed by atoms with Gasteiger partial charge in [0.25, 0.3) is 22.5 Å². The van der Waals surface area contributed by atoms with Crippen LogP contribution in [0.1, 0.15) is 84.7 Å². The third-order valence-electron chi connectivity index (χ3n) is 9.94. The van der Waals surface area contributed by atoms with Crippen LogP contribution in [0.5, 0.6) is 23.0 Å². The highest BCUT2D eigenvalue weighted by Crippen LogP contribution is 2.35. The molecule has 384 valence electrons. The molecule has 2 unspecified atom stereocenters. The maximum Gasteiger partial charge on any atom is 0.345 e. The predicted molar refractivity (Wildman–Crippen MR) is 279 cm³/mol. The van der Waals surface area contributed by atoms with Crippen molar-refractivity contribution in [2.75, 3.05) is 14.2 Å². The molecule has 0 aliphatic rings. The van der Waals surface area contributed by atoms with Crippen LogP contribution in [0.3, 0.4) is 0 Å². The van der Waals surface area contributed by atoms with Crippen molar-refractivity contribution in [2.24, 2.45) is 0 Å². The lowest BCUT2D eigenvalue weighted by molar-refractivity contribution is -0.385. The van der Waals surface area contributed by atoms with E-state index in [1.54, 1.807) is 38.1 Å². The second kappa shape index (κ2) is 27.5. The van der Waals surface area contributed by atoms with Crippen molar-refractivity contribution in [1.29, 1.82) is 0 Å². The standard InChI is InChI=1S/2C14H9Cl2NO5.2C9H13BrN2O2/c2*1-21-14(18)10-7-9(3-4-12(10)17(19)20)22-13-5-2-8(15)6-11(13)16;2*1-4-5(2)12-8(13)7(10)6(3)11-9(12)14/h2*2-7H,1H3;2*5H,4H2,1-3H3,(H,11,14). The number of aryl methyl sites for hydroxylation is 2. The zero-order chi connectivity index (χ0) is 54.3. The van der Waals surface area contributed by atoms with Crippen molar-refractivity contribution in [2.45, 2.75) is 66.5 Å². The average Bonchev–Trinajstić information content (AvgIpc) is 3.34. The van der Waals surface area contributed by atoms with E-state index in [4.69, 9.17) is 55.9 Å². The lowest BCUT2D eigenvalue weighted by atomic mass is 10.1. The van der Waals surface area contributed by atoms with Crippen LogP contribution in [0.15, 0.2) is 101 Å². The Morgan fingerprint density at radius 2 is 0.944 bits per heavy atom. The van der Waals surface area contributed by atoms with Crippen LogP contribution in [0.2, 0.25) is 20.1 Å². The van der Waals surface area contributed by atoms with E-state index in [1.807, 2.05) is 27.7 Å². The maximum absolute atomic E-state index is 11.7. The Bertz CT molecular complexity index is 3020. The van der Waals surface area contributed by atoms with Crippen LogP contribution in [0.4, 0.5) is 11.4 Å². The first-order valence-electron chi connectivity index (χ1n) is 20.8. The average molecular weight is 1210 g/mol. The number of halogens is 6. The van der Waals surface area contributed by atoms with Crippen LogP contribution in [-0.4, -0.2) is 55.1 Å². The topological polar surface area (TPSA) is 267 Å². The number of carbonyl (C=O) groups excluding carboxylic acids is 2. The third-order valence-corrected chi connectivity index (χ3v) is 12.9. The van der Waals surface area contributed by atoms with Gasteiger partial charge in [0.05, 0.1) is 34.1 Å². The number of nitro groups is 2. The number of H-pyrrole nitrogens is 2. The summed E-state index contributed by atoms with van der Waals surface area (Å²) >= 11 is 29.8. The second-order valence-electron chi connectivity index (χ2n) is 14.8. The number of hydrogen-bond acceptors (Lipinski definition) is 14. The summed E-state index contributed by atoms with van der Waals surface area (Å²) in [5, 5.41) is 23.3. The van der Waals surface area contributed by atoms with Gasteiger partial charge in [-0.15, -0.1) is 0 Å². The lowest BCUT2D eigenvalue weighted by Crippen LogP contribution is -2.38. The molecule has 6 aromatic rings. The molecule has 0 aliphatic heterocycles. The van der Waals surface area contributed by atoms with Crippen LogP contribution in [0.25, 0.3) is 0 Å². The molecular weight excluding hydrogens is 1160 g/mol. The van der Waals surface area contributed by atoms with Gasteiger partial charge < -0.3 is 28.9 Å². The lowest BCUT2D eigenvalue weighted by Gasteiger charge is -2.12. The number of aromatic amines is 2. The van der Waals surface area contributed by atoms with Crippen molar-refractivity contribution in [3.05, 3.63) is 186 Å². The van der Waals surface area contributed by atoms with E-state index in [2.05, 4.69) is 51.3 Å². The minimum Gasteiger partial charge on any atom is -0.465 e. The molecule has 2 N–H and O–H groups in total. The number of ether oxygens (including phenoxy) is 4. The number of aromatic nitrogens is 4. The minimum atomic E-state index is -0.834. The molecule has 2 atom stereocenters. The van der Waals surface area contributed by atoms with Gasteiger partial charge in [0.1, 0.15) is 43.1 Å². The van der Waals surface area contributed by atoms with E-state index >= 15 is 0 Å². The van der Waals surface area contributed by atoms with Gasteiger partial charge in [-0.25, -0.2) is 19.2 Å². The minimum absolute atomic E-state index is 0.0804. The third kappa shape index (κ3) is 15.8. The Morgan fingerprint density at radius 3 is 1.22 bits per heavy atom. The largest absolute Gasteiger partial charge is 0.465 e. The van der Waals surface area contributed by atoms with E-state index in [0.29, 0.717) is 41.9 Å². The molecule has 2 heterocycles. The molecule has 0 saturated heterocycles. The molecule has 0 aliphatic carbocycles. The number of nitrogens with one attached hydrogen (secondary N) is 2. The molecule has 0 radical (unpaired) electrons. The van der Waals surface area contributed by atoms with E-state index in [-0.39, 0.29) is 78.6 Å². The van der Waals surface area contributed by atoms with Gasteiger partial charge in [-0.2, -0.15) is 0 Å². The smallest absolute Gasteiger partial charge is 0.345 e. The van der Waals surface area contributed by atoms with Crippen LogP contribution in [0, 0.1) is 34.1 Å². The van der Waals surface area contributed by atoms with E-state index in [1.165, 1.54) is 45.5 Å². The predicted octanol–water partition coefficient (Wildman–Crippen LogP) is 12.1. The Morgan fingerprint density at radius 1 is 0.611 bits per heavy atom. The van der Waals surface area contributed by atoms with Crippen LogP contribution >= 0.6 is 78.3 Å². The zero-order valence-corrected chi connectivity index (χ0v) is 45.5. The van der Waals surface area contributed by atoms with Gasteiger partial charge in [0.2, 0.25) is 0 Å². The Labute approximate surface area is 446 Å². The number of benzene rings is 4. The number of methoxy groups -OCH3 is 2. The van der Waals surface area contributed by atoms with Gasteiger partial charge in [0, 0.05) is 57.8 Å². The number of nitro benzene ring substituents is 2. The monoisotopic (exact) mass is 1200 g/mol. The van der Waals surface area contributed by atoms with E-state index in [9.17, 15) is 49.0 Å². The summed E-state index contributed by atoms with van der Waals surface area (Å²) in [5.41, 5.74) is -1.25. The molecule has 4 aromatic carbocycles. The first-order chi connectivity index (χ1) is 33.8. The molecular formula is C46H44Br2Cl4N6O14. The van der Waals surface area contributed by atoms with Crippen LogP contribution < -0.4 is 32.0 Å². The number of carbonyl (C=O) groups is 2. The SMILES string of the molecule is CCC(C)n1c(=O)[nH]c(C)c(Br)c1=O.CCC(C)n1c(=O)[nH]c(C)c(Br)c1=O.COC(=O)c1cc(Oc2ccc(Cl)cc2Cl)ccc1[N+](=O)[O-].COC(=O)c1cc(Oc2ccc(Cl)cc2Cl)ccc1[N+](=O)[O-]. The zero-order valence-electron chi connectivity index (χ0n) is 39.3. The summed E-state index contributed by atoms with van der Waals surface area (Å²) in [4.78, 5) is 95.4. The second-order valence-corrected chi connectivity index (χ2v) is 18.1. The van der Waals surface area contributed by atoms with Gasteiger partial charge >= 0.3 is 23.3 Å². The van der Waals surface area contributed by atoms with E-state index in [0.717, 1.165) is 39.2 Å². The highest BCUT2D eigenvalue weighted by Gasteiger charge is 2.24. The van der Waals surface area contributed by atoms with Crippen molar-refractivity contribution in [3.8, 4) is 23.0 Å². The highest BCUT2D eigenvalue weighted by atomic mass is 79.9. The molecule has 0 amide bonds. The molecule has 0 saturated carbocycles. The summed E-state index contributed by atoms with van der Waals surface area (Å²) in [5.74, 6) is -0.657.